The molecule has 0 aromatic heterocycles. The maximum atomic E-state index is 2.33. The number of aryl methyl sites for hydroxylation is 1. The smallest absolute Gasteiger partial charge is 0.00297 e. The van der Waals surface area contributed by atoms with Gasteiger partial charge >= 0.3 is 0 Å². The zero-order chi connectivity index (χ0) is 18.8. The summed E-state index contributed by atoms with van der Waals surface area (Å²) in [5.74, 6) is 0. The molecule has 0 spiro atoms. The lowest BCUT2D eigenvalue weighted by Gasteiger charge is -2.16. The minimum absolute atomic E-state index is 1.27. The molecular formula is C27H24. The predicted molar refractivity (Wildman–Crippen MR) is 119 cm³/mol. The maximum absolute atomic E-state index is 2.33. The van der Waals surface area contributed by atoms with E-state index in [9.17, 15) is 0 Å². The standard InChI is InChI=1S/C27H24/c1-4-22-23(5-2)27(21-14-10-7-11-15-21)25-18-19(3)16-17-24(25)26(22)20-12-8-6-9-13-20/h4-18H,1-3H3/b22-4+,23-5+. The summed E-state index contributed by atoms with van der Waals surface area (Å²) in [6.45, 7) is 6.46. The molecule has 0 nitrogen and oxygen atoms in total. The molecule has 0 bridgehead atoms. The third-order valence-electron chi connectivity index (χ3n) is 5.24. The second kappa shape index (κ2) is 7.25. The van der Waals surface area contributed by atoms with Crippen LogP contribution in [-0.2, 0) is 0 Å². The Balaban J connectivity index is 2.30. The lowest BCUT2D eigenvalue weighted by Crippen LogP contribution is -2.29. The molecule has 0 heteroatoms. The lowest BCUT2D eigenvalue weighted by molar-refractivity contribution is 1.47. The van der Waals surface area contributed by atoms with Crippen molar-refractivity contribution in [1.82, 2.24) is 0 Å². The molecule has 0 saturated heterocycles. The summed E-state index contributed by atoms with van der Waals surface area (Å²) in [5, 5.41) is 5.24. The first-order valence-electron chi connectivity index (χ1n) is 9.54. The summed E-state index contributed by atoms with van der Waals surface area (Å²) in [6, 6.07) is 28.3. The van der Waals surface area contributed by atoms with Crippen molar-refractivity contribution in [3.8, 4) is 22.3 Å². The van der Waals surface area contributed by atoms with E-state index in [0.29, 0.717) is 0 Å². The van der Waals surface area contributed by atoms with Gasteiger partial charge in [0.15, 0.2) is 0 Å². The summed E-state index contributed by atoms with van der Waals surface area (Å²) >= 11 is 0. The van der Waals surface area contributed by atoms with Gasteiger partial charge in [-0.2, -0.15) is 0 Å². The van der Waals surface area contributed by atoms with Gasteiger partial charge in [-0.05, 0) is 64.2 Å². The van der Waals surface area contributed by atoms with E-state index in [-0.39, 0.29) is 0 Å². The van der Waals surface area contributed by atoms with E-state index in [2.05, 4.69) is 112 Å². The number of fused-ring (bicyclic) bond motifs is 1. The van der Waals surface area contributed by atoms with Crippen molar-refractivity contribution in [2.75, 3.05) is 0 Å². The minimum atomic E-state index is 1.27. The first-order valence-corrected chi connectivity index (χ1v) is 9.54. The summed E-state index contributed by atoms with van der Waals surface area (Å²) in [7, 11) is 0. The van der Waals surface area contributed by atoms with Crippen molar-refractivity contribution in [2.45, 2.75) is 20.8 Å². The Kier molecular flexibility index (Phi) is 4.64. The SMILES string of the molecule is C/C=c1/c(-c2ccccc2)c2ccc(C)cc2c(-c2ccccc2)/c1=C/C. The van der Waals surface area contributed by atoms with Crippen LogP contribution in [0.4, 0.5) is 0 Å². The lowest BCUT2D eigenvalue weighted by atomic mass is 9.87. The Morgan fingerprint density at radius 3 is 1.52 bits per heavy atom. The molecule has 4 aromatic carbocycles. The van der Waals surface area contributed by atoms with Gasteiger partial charge in [-0.3, -0.25) is 0 Å². The van der Waals surface area contributed by atoms with Crippen LogP contribution in [0.3, 0.4) is 0 Å². The third kappa shape index (κ3) is 2.98. The van der Waals surface area contributed by atoms with Gasteiger partial charge in [-0.25, -0.2) is 0 Å². The molecule has 0 atom stereocenters. The monoisotopic (exact) mass is 348 g/mol. The quantitative estimate of drug-likeness (QED) is 0.411. The molecule has 0 radical (unpaired) electrons. The molecule has 132 valence electrons. The van der Waals surface area contributed by atoms with E-state index in [1.165, 1.54) is 49.0 Å². The molecule has 0 N–H and O–H groups in total. The molecule has 0 amide bonds. The topological polar surface area (TPSA) is 0 Å². The number of hydrogen-bond acceptors (Lipinski definition) is 0. The van der Waals surface area contributed by atoms with Gasteiger partial charge in [0.1, 0.15) is 0 Å². The Hall–Kier alpha value is -3.12. The van der Waals surface area contributed by atoms with Crippen molar-refractivity contribution in [2.24, 2.45) is 0 Å². The summed E-state index contributed by atoms with van der Waals surface area (Å²) < 4.78 is 0. The zero-order valence-electron chi connectivity index (χ0n) is 16.2. The number of rotatable bonds is 2. The highest BCUT2D eigenvalue weighted by Crippen LogP contribution is 2.31. The molecule has 0 fully saturated rings. The van der Waals surface area contributed by atoms with Gasteiger partial charge in [0.2, 0.25) is 0 Å². The minimum Gasteiger partial charge on any atom is -0.0791 e. The van der Waals surface area contributed by atoms with E-state index in [1.807, 2.05) is 0 Å². The Morgan fingerprint density at radius 2 is 1.04 bits per heavy atom. The van der Waals surface area contributed by atoms with Crippen molar-refractivity contribution < 1.29 is 0 Å². The van der Waals surface area contributed by atoms with Gasteiger partial charge in [-0.15, -0.1) is 0 Å². The Labute approximate surface area is 161 Å². The molecule has 0 saturated carbocycles. The fraction of sp³-hybridized carbons (Fsp3) is 0.111. The molecule has 0 unspecified atom stereocenters. The highest BCUT2D eigenvalue weighted by Gasteiger charge is 2.14. The van der Waals surface area contributed by atoms with Crippen LogP contribution in [0.5, 0.6) is 0 Å². The van der Waals surface area contributed by atoms with Crippen LogP contribution in [0, 0.1) is 6.92 Å². The van der Waals surface area contributed by atoms with Gasteiger partial charge in [0.25, 0.3) is 0 Å². The molecule has 0 heterocycles. The predicted octanol–water partition coefficient (Wildman–Crippen LogP) is 6.08. The normalized spacial score (nSPS) is 12.7. The van der Waals surface area contributed by atoms with E-state index in [1.54, 1.807) is 0 Å². The Bertz CT molecular complexity index is 1210. The first kappa shape index (κ1) is 17.3. The third-order valence-corrected chi connectivity index (χ3v) is 5.24. The number of benzene rings is 4. The van der Waals surface area contributed by atoms with Gasteiger partial charge in [0, 0.05) is 0 Å². The first-order chi connectivity index (χ1) is 13.2. The van der Waals surface area contributed by atoms with Crippen LogP contribution in [-0.4, -0.2) is 0 Å². The van der Waals surface area contributed by atoms with Gasteiger partial charge in [0.05, 0.1) is 0 Å². The van der Waals surface area contributed by atoms with Crippen LogP contribution in [0.2, 0.25) is 0 Å². The average Bonchev–Trinajstić information content (AvgIpc) is 2.73. The van der Waals surface area contributed by atoms with Crippen molar-refractivity contribution in [3.05, 3.63) is 94.9 Å². The summed E-state index contributed by atoms with van der Waals surface area (Å²) in [5.41, 5.74) is 6.46. The molecule has 0 aliphatic heterocycles. The largest absolute Gasteiger partial charge is 0.0791 e. The second-order valence-electron chi connectivity index (χ2n) is 6.94. The summed E-state index contributed by atoms with van der Waals surface area (Å²) in [4.78, 5) is 0. The average molecular weight is 348 g/mol. The maximum Gasteiger partial charge on any atom is -0.00297 e. The Morgan fingerprint density at radius 1 is 0.556 bits per heavy atom. The van der Waals surface area contributed by atoms with E-state index in [0.717, 1.165) is 0 Å². The van der Waals surface area contributed by atoms with Crippen LogP contribution < -0.4 is 10.4 Å². The summed E-state index contributed by atoms with van der Waals surface area (Å²) in [6.07, 6.45) is 4.51. The van der Waals surface area contributed by atoms with Crippen LogP contribution in [0.15, 0.2) is 78.9 Å². The molecule has 0 aliphatic rings. The second-order valence-corrected chi connectivity index (χ2v) is 6.94. The van der Waals surface area contributed by atoms with E-state index in [4.69, 9.17) is 0 Å². The van der Waals surface area contributed by atoms with Gasteiger partial charge in [-0.1, -0.05) is 96.6 Å². The van der Waals surface area contributed by atoms with Crippen LogP contribution in [0.1, 0.15) is 19.4 Å². The van der Waals surface area contributed by atoms with E-state index < -0.39 is 0 Å². The van der Waals surface area contributed by atoms with Crippen LogP contribution in [0.25, 0.3) is 45.2 Å². The highest BCUT2D eigenvalue weighted by molar-refractivity contribution is 6.05. The van der Waals surface area contributed by atoms with Gasteiger partial charge < -0.3 is 0 Å². The van der Waals surface area contributed by atoms with Crippen LogP contribution >= 0.6 is 0 Å². The fourth-order valence-corrected chi connectivity index (χ4v) is 4.07. The van der Waals surface area contributed by atoms with Crippen molar-refractivity contribution in [3.63, 3.8) is 0 Å². The molecule has 27 heavy (non-hydrogen) atoms. The fourth-order valence-electron chi connectivity index (χ4n) is 4.07. The molecule has 4 aromatic rings. The highest BCUT2D eigenvalue weighted by atomic mass is 14.2. The molecule has 0 aliphatic carbocycles. The van der Waals surface area contributed by atoms with Crippen molar-refractivity contribution >= 4 is 22.9 Å². The zero-order valence-corrected chi connectivity index (χ0v) is 16.2. The molecular weight excluding hydrogens is 324 g/mol. The van der Waals surface area contributed by atoms with Crippen molar-refractivity contribution in [1.29, 1.82) is 0 Å². The molecule has 4 rings (SSSR count). The number of hydrogen-bond donors (Lipinski definition) is 0. The van der Waals surface area contributed by atoms with E-state index >= 15 is 0 Å².